The average Bonchev–Trinajstić information content (AvgIpc) is 2.16. The molecule has 0 spiro atoms. The van der Waals surface area contributed by atoms with Crippen molar-refractivity contribution in [2.24, 2.45) is 0 Å². The van der Waals surface area contributed by atoms with Crippen LogP contribution in [-0.2, 0) is 0 Å². The molecule has 0 fully saturated rings. The van der Waals surface area contributed by atoms with Crippen LogP contribution in [0.5, 0.6) is 0 Å². The first-order chi connectivity index (χ1) is 7.52. The van der Waals surface area contributed by atoms with E-state index in [4.69, 9.17) is 5.11 Å². The highest BCUT2D eigenvalue weighted by molar-refractivity contribution is 9.11. The van der Waals surface area contributed by atoms with Crippen molar-refractivity contribution in [1.82, 2.24) is 5.32 Å². The monoisotopic (exact) mass is 349 g/mol. The summed E-state index contributed by atoms with van der Waals surface area (Å²) in [6, 6.07) is 5.35. The number of hydrogen-bond donors (Lipinski definition) is 2. The maximum Gasteiger partial charge on any atom is 0.251 e. The lowest BCUT2D eigenvalue weighted by molar-refractivity contribution is 0.0934. The Morgan fingerprint density at radius 2 is 1.94 bits per heavy atom. The third-order valence-corrected chi connectivity index (χ3v) is 2.98. The van der Waals surface area contributed by atoms with Crippen LogP contribution in [-0.4, -0.2) is 23.7 Å². The molecule has 0 aliphatic heterocycles. The van der Waals surface area contributed by atoms with Crippen LogP contribution in [0.4, 0.5) is 0 Å². The highest BCUT2D eigenvalue weighted by atomic mass is 79.9. The molecule has 1 rings (SSSR count). The highest BCUT2D eigenvalue weighted by Gasteiger charge is 2.10. The Balaban J connectivity index is 2.72. The Hall–Kier alpha value is -0.390. The molecule has 0 heterocycles. The normalized spacial score (nSPS) is 12.2. The van der Waals surface area contributed by atoms with E-state index in [1.165, 1.54) is 0 Å². The second kappa shape index (κ2) is 6.37. The van der Waals surface area contributed by atoms with Crippen molar-refractivity contribution in [1.29, 1.82) is 0 Å². The first-order valence-electron chi connectivity index (χ1n) is 4.90. The van der Waals surface area contributed by atoms with Gasteiger partial charge in [-0.15, -0.1) is 0 Å². The van der Waals surface area contributed by atoms with Gasteiger partial charge in [-0.05, 0) is 31.5 Å². The summed E-state index contributed by atoms with van der Waals surface area (Å²) in [6.07, 6.45) is 0.556. The molecule has 0 aromatic heterocycles. The zero-order chi connectivity index (χ0) is 12.1. The van der Waals surface area contributed by atoms with Crippen molar-refractivity contribution >= 4 is 37.8 Å². The van der Waals surface area contributed by atoms with Gasteiger partial charge in [0, 0.05) is 27.2 Å². The number of hydrogen-bond acceptors (Lipinski definition) is 2. The molecule has 0 aliphatic carbocycles. The smallest absolute Gasteiger partial charge is 0.251 e. The first-order valence-corrected chi connectivity index (χ1v) is 6.49. The van der Waals surface area contributed by atoms with E-state index in [2.05, 4.69) is 37.2 Å². The van der Waals surface area contributed by atoms with Crippen molar-refractivity contribution in [2.75, 3.05) is 6.61 Å². The van der Waals surface area contributed by atoms with Gasteiger partial charge in [0.05, 0.1) is 0 Å². The van der Waals surface area contributed by atoms with Crippen LogP contribution < -0.4 is 5.32 Å². The van der Waals surface area contributed by atoms with Gasteiger partial charge in [-0.1, -0.05) is 31.9 Å². The van der Waals surface area contributed by atoms with Gasteiger partial charge in [0.1, 0.15) is 0 Å². The Kier molecular flexibility index (Phi) is 5.44. The van der Waals surface area contributed by atoms with Gasteiger partial charge in [0.2, 0.25) is 0 Å². The van der Waals surface area contributed by atoms with E-state index < -0.39 is 0 Å². The fourth-order valence-electron chi connectivity index (χ4n) is 1.26. The standard InChI is InChI=1S/C11H13Br2NO2/c1-7(2-3-15)14-11(16)8-4-9(12)6-10(13)5-8/h4-7,15H,2-3H2,1H3,(H,14,16). The van der Waals surface area contributed by atoms with Gasteiger partial charge in [-0.2, -0.15) is 0 Å². The summed E-state index contributed by atoms with van der Waals surface area (Å²) in [6.45, 7) is 1.94. The van der Waals surface area contributed by atoms with Gasteiger partial charge < -0.3 is 10.4 Å². The summed E-state index contributed by atoms with van der Waals surface area (Å²) in [5.74, 6) is -0.136. The summed E-state index contributed by atoms with van der Waals surface area (Å²) >= 11 is 6.66. The van der Waals surface area contributed by atoms with Crippen LogP contribution in [0.25, 0.3) is 0 Å². The third kappa shape index (κ3) is 4.23. The molecule has 0 saturated heterocycles. The Morgan fingerprint density at radius 3 is 2.44 bits per heavy atom. The quantitative estimate of drug-likeness (QED) is 0.877. The van der Waals surface area contributed by atoms with Crippen LogP contribution in [0.2, 0.25) is 0 Å². The fourth-order valence-corrected chi connectivity index (χ4v) is 2.55. The molecule has 1 atom stereocenters. The molecular weight excluding hydrogens is 338 g/mol. The summed E-state index contributed by atoms with van der Waals surface area (Å²) in [5.41, 5.74) is 0.589. The van der Waals surface area contributed by atoms with E-state index in [0.29, 0.717) is 12.0 Å². The lowest BCUT2D eigenvalue weighted by Crippen LogP contribution is -2.33. The van der Waals surface area contributed by atoms with E-state index >= 15 is 0 Å². The van der Waals surface area contributed by atoms with Crippen LogP contribution in [0.1, 0.15) is 23.7 Å². The van der Waals surface area contributed by atoms with Crippen LogP contribution >= 0.6 is 31.9 Å². The van der Waals surface area contributed by atoms with E-state index in [-0.39, 0.29) is 18.6 Å². The first kappa shape index (κ1) is 13.7. The number of aliphatic hydroxyl groups is 1. The van der Waals surface area contributed by atoms with Gasteiger partial charge in [-0.3, -0.25) is 4.79 Å². The van der Waals surface area contributed by atoms with Crippen LogP contribution in [0.3, 0.4) is 0 Å². The molecule has 5 heteroatoms. The number of rotatable bonds is 4. The molecule has 16 heavy (non-hydrogen) atoms. The minimum Gasteiger partial charge on any atom is -0.396 e. The maximum atomic E-state index is 11.8. The SMILES string of the molecule is CC(CCO)NC(=O)c1cc(Br)cc(Br)c1. The Morgan fingerprint density at radius 1 is 1.38 bits per heavy atom. The number of amides is 1. The van der Waals surface area contributed by atoms with Crippen molar-refractivity contribution in [3.63, 3.8) is 0 Å². The number of benzene rings is 1. The second-order valence-electron chi connectivity index (χ2n) is 3.54. The van der Waals surface area contributed by atoms with Crippen LogP contribution in [0.15, 0.2) is 27.1 Å². The molecule has 0 aliphatic rings. The predicted molar refractivity (Wildman–Crippen MR) is 70.5 cm³/mol. The molecule has 0 radical (unpaired) electrons. The van der Waals surface area contributed by atoms with Gasteiger partial charge >= 0.3 is 0 Å². The lowest BCUT2D eigenvalue weighted by atomic mass is 10.2. The van der Waals surface area contributed by atoms with Crippen molar-refractivity contribution in [3.05, 3.63) is 32.7 Å². The molecular formula is C11H13Br2NO2. The zero-order valence-electron chi connectivity index (χ0n) is 8.84. The topological polar surface area (TPSA) is 49.3 Å². The molecule has 88 valence electrons. The molecule has 1 amide bonds. The van der Waals surface area contributed by atoms with Crippen LogP contribution in [0, 0.1) is 0 Å². The fraction of sp³-hybridized carbons (Fsp3) is 0.364. The molecule has 2 N–H and O–H groups in total. The minimum absolute atomic E-state index is 0.0322. The Labute approximate surface area is 111 Å². The average molecular weight is 351 g/mol. The highest BCUT2D eigenvalue weighted by Crippen LogP contribution is 2.20. The maximum absolute atomic E-state index is 11.8. The van der Waals surface area contributed by atoms with Crippen molar-refractivity contribution < 1.29 is 9.90 Å². The third-order valence-electron chi connectivity index (χ3n) is 2.06. The number of carbonyl (C=O) groups is 1. The van der Waals surface area contributed by atoms with Gasteiger partial charge in [0.25, 0.3) is 5.91 Å². The van der Waals surface area contributed by atoms with Gasteiger partial charge in [0.15, 0.2) is 0 Å². The van der Waals surface area contributed by atoms with E-state index in [1.807, 2.05) is 13.0 Å². The van der Waals surface area contributed by atoms with Crippen molar-refractivity contribution in [2.45, 2.75) is 19.4 Å². The molecule has 1 aromatic rings. The number of halogens is 2. The van der Waals surface area contributed by atoms with E-state index in [0.717, 1.165) is 8.95 Å². The summed E-state index contributed by atoms with van der Waals surface area (Å²) < 4.78 is 1.70. The lowest BCUT2D eigenvalue weighted by Gasteiger charge is -2.12. The predicted octanol–water partition coefficient (Wildman–Crippen LogP) is 2.71. The second-order valence-corrected chi connectivity index (χ2v) is 5.38. The number of carbonyl (C=O) groups excluding carboxylic acids is 1. The molecule has 0 saturated carbocycles. The van der Waals surface area contributed by atoms with E-state index in [9.17, 15) is 4.79 Å². The molecule has 1 aromatic carbocycles. The Bertz CT molecular complexity index is 362. The largest absolute Gasteiger partial charge is 0.396 e. The zero-order valence-corrected chi connectivity index (χ0v) is 12.0. The van der Waals surface area contributed by atoms with Crippen molar-refractivity contribution in [3.8, 4) is 0 Å². The summed E-state index contributed by atoms with van der Waals surface area (Å²) in [7, 11) is 0. The summed E-state index contributed by atoms with van der Waals surface area (Å²) in [5, 5.41) is 11.6. The summed E-state index contributed by atoms with van der Waals surface area (Å²) in [4.78, 5) is 11.8. The molecule has 1 unspecified atom stereocenters. The molecule has 0 bridgehead atoms. The van der Waals surface area contributed by atoms with E-state index in [1.54, 1.807) is 12.1 Å². The number of aliphatic hydroxyl groups excluding tert-OH is 1. The minimum atomic E-state index is -0.136. The van der Waals surface area contributed by atoms with Gasteiger partial charge in [-0.25, -0.2) is 0 Å². The molecule has 3 nitrogen and oxygen atoms in total. The number of nitrogens with one attached hydrogen (secondary N) is 1.